The van der Waals surface area contributed by atoms with Gasteiger partial charge in [0.1, 0.15) is 5.82 Å². The normalized spacial score (nSPS) is 21.3. The second-order valence-electron chi connectivity index (χ2n) is 6.63. The van der Waals surface area contributed by atoms with Gasteiger partial charge in [-0.1, -0.05) is 0 Å². The fraction of sp³-hybridized carbons (Fsp3) is 0.556. The molecule has 1 aromatic rings. The third-order valence-corrected chi connectivity index (χ3v) is 4.86. The van der Waals surface area contributed by atoms with Crippen LogP contribution in [0.4, 0.5) is 4.39 Å². The molecule has 138 valence electrons. The number of likely N-dealkylation sites (tertiary alicyclic amines) is 1. The van der Waals surface area contributed by atoms with Gasteiger partial charge in [-0.05, 0) is 63.0 Å². The highest BCUT2D eigenvalue weighted by molar-refractivity contribution is 5.94. The van der Waals surface area contributed by atoms with E-state index in [1.807, 2.05) is 0 Å². The van der Waals surface area contributed by atoms with E-state index in [4.69, 9.17) is 0 Å². The van der Waals surface area contributed by atoms with Crippen molar-refractivity contribution < 1.29 is 14.0 Å². The molecule has 1 unspecified atom stereocenters. The standard InChI is InChI=1S/C18H24FN3O2.ClH/c19-15-5-3-13(4-6-15)18(24)22-11-1-2-14(12-22)17(23)21-16-7-9-20-10-8-16;/h3-6,14,16,20H,1-2,7-12H2,(H,21,23);1H. The van der Waals surface area contributed by atoms with E-state index in [1.54, 1.807) is 4.90 Å². The molecule has 0 aliphatic carbocycles. The Hall–Kier alpha value is -1.66. The zero-order chi connectivity index (χ0) is 16.9. The van der Waals surface area contributed by atoms with Crippen LogP contribution in [0.25, 0.3) is 0 Å². The van der Waals surface area contributed by atoms with Crippen LogP contribution in [-0.2, 0) is 4.79 Å². The number of rotatable bonds is 3. The predicted octanol–water partition coefficient (Wildman–Crippen LogP) is 1.97. The summed E-state index contributed by atoms with van der Waals surface area (Å²) in [7, 11) is 0. The van der Waals surface area contributed by atoms with Gasteiger partial charge in [-0.25, -0.2) is 4.39 Å². The highest BCUT2D eigenvalue weighted by Gasteiger charge is 2.30. The number of nitrogens with one attached hydrogen (secondary N) is 2. The lowest BCUT2D eigenvalue weighted by molar-refractivity contribution is -0.127. The molecule has 2 fully saturated rings. The molecular weight excluding hydrogens is 345 g/mol. The summed E-state index contributed by atoms with van der Waals surface area (Å²) in [5.74, 6) is -0.588. The topological polar surface area (TPSA) is 61.4 Å². The van der Waals surface area contributed by atoms with Crippen molar-refractivity contribution in [3.63, 3.8) is 0 Å². The van der Waals surface area contributed by atoms with E-state index in [2.05, 4.69) is 10.6 Å². The van der Waals surface area contributed by atoms with E-state index in [1.165, 1.54) is 24.3 Å². The molecule has 0 radical (unpaired) electrons. The summed E-state index contributed by atoms with van der Waals surface area (Å²) in [4.78, 5) is 26.7. The van der Waals surface area contributed by atoms with Crippen LogP contribution in [0.2, 0.25) is 0 Å². The molecule has 2 saturated heterocycles. The molecule has 25 heavy (non-hydrogen) atoms. The van der Waals surface area contributed by atoms with Crippen molar-refractivity contribution in [1.82, 2.24) is 15.5 Å². The summed E-state index contributed by atoms with van der Waals surface area (Å²) in [6, 6.07) is 5.81. The van der Waals surface area contributed by atoms with E-state index in [0.29, 0.717) is 18.7 Å². The van der Waals surface area contributed by atoms with E-state index >= 15 is 0 Å². The Kier molecular flexibility index (Phi) is 7.20. The highest BCUT2D eigenvalue weighted by atomic mass is 35.5. The number of carbonyl (C=O) groups is 2. The van der Waals surface area contributed by atoms with Crippen molar-refractivity contribution in [2.24, 2.45) is 5.92 Å². The van der Waals surface area contributed by atoms with Gasteiger partial charge in [0.2, 0.25) is 5.91 Å². The van der Waals surface area contributed by atoms with Crippen LogP contribution >= 0.6 is 12.4 Å². The molecule has 1 atom stereocenters. The maximum Gasteiger partial charge on any atom is 0.253 e. The van der Waals surface area contributed by atoms with Crippen molar-refractivity contribution >= 4 is 24.2 Å². The first-order chi connectivity index (χ1) is 11.6. The van der Waals surface area contributed by atoms with Crippen LogP contribution in [0.15, 0.2) is 24.3 Å². The molecule has 2 heterocycles. The van der Waals surface area contributed by atoms with Crippen molar-refractivity contribution in [2.45, 2.75) is 31.7 Å². The molecule has 0 aromatic heterocycles. The summed E-state index contributed by atoms with van der Waals surface area (Å²) < 4.78 is 13.0. The lowest BCUT2D eigenvalue weighted by Crippen LogP contribution is -2.49. The Morgan fingerprint density at radius 3 is 2.48 bits per heavy atom. The second-order valence-corrected chi connectivity index (χ2v) is 6.63. The van der Waals surface area contributed by atoms with Gasteiger partial charge in [-0.2, -0.15) is 0 Å². The molecular formula is C18H25ClFN3O2. The molecule has 2 aliphatic heterocycles. The van der Waals surface area contributed by atoms with Crippen LogP contribution in [0, 0.1) is 11.7 Å². The zero-order valence-corrected chi connectivity index (χ0v) is 15.0. The third kappa shape index (κ3) is 5.16. The average Bonchev–Trinajstić information content (AvgIpc) is 2.63. The summed E-state index contributed by atoms with van der Waals surface area (Å²) in [6.07, 6.45) is 3.54. The van der Waals surface area contributed by atoms with Crippen molar-refractivity contribution in [2.75, 3.05) is 26.2 Å². The molecule has 2 aliphatic rings. The summed E-state index contributed by atoms with van der Waals surface area (Å²) in [5, 5.41) is 6.41. The minimum atomic E-state index is -0.357. The predicted molar refractivity (Wildman–Crippen MR) is 96.3 cm³/mol. The molecule has 1 aromatic carbocycles. The maximum atomic E-state index is 13.0. The lowest BCUT2D eigenvalue weighted by Gasteiger charge is -2.33. The van der Waals surface area contributed by atoms with Gasteiger partial charge in [0.25, 0.3) is 5.91 Å². The van der Waals surface area contributed by atoms with E-state index in [9.17, 15) is 14.0 Å². The Bertz CT molecular complexity index is 590. The Morgan fingerprint density at radius 1 is 1.12 bits per heavy atom. The summed E-state index contributed by atoms with van der Waals surface area (Å²) in [6.45, 7) is 2.95. The minimum Gasteiger partial charge on any atom is -0.353 e. The third-order valence-electron chi connectivity index (χ3n) is 4.86. The fourth-order valence-electron chi connectivity index (χ4n) is 3.44. The van der Waals surface area contributed by atoms with Gasteiger partial charge >= 0.3 is 0 Å². The van der Waals surface area contributed by atoms with Crippen LogP contribution in [0.5, 0.6) is 0 Å². The number of benzene rings is 1. The summed E-state index contributed by atoms with van der Waals surface area (Å²) in [5.41, 5.74) is 0.468. The van der Waals surface area contributed by atoms with Crippen molar-refractivity contribution in [1.29, 1.82) is 0 Å². The number of piperidine rings is 2. The first kappa shape index (κ1) is 19.7. The molecule has 0 saturated carbocycles. The number of carbonyl (C=O) groups excluding carboxylic acids is 2. The lowest BCUT2D eigenvalue weighted by atomic mass is 9.95. The SMILES string of the molecule is Cl.O=C(NC1CCNCC1)C1CCCN(C(=O)c2ccc(F)cc2)C1. The van der Waals surface area contributed by atoms with E-state index in [0.717, 1.165) is 38.8 Å². The Labute approximate surface area is 153 Å². The van der Waals surface area contributed by atoms with Gasteiger partial charge in [-0.15, -0.1) is 12.4 Å². The van der Waals surface area contributed by atoms with Crippen LogP contribution < -0.4 is 10.6 Å². The highest BCUT2D eigenvalue weighted by Crippen LogP contribution is 2.20. The molecule has 7 heteroatoms. The number of nitrogens with zero attached hydrogens (tertiary/aromatic N) is 1. The van der Waals surface area contributed by atoms with Crippen LogP contribution in [-0.4, -0.2) is 48.9 Å². The minimum absolute atomic E-state index is 0. The number of halogens is 2. The maximum absolute atomic E-state index is 13.0. The molecule has 2 N–H and O–H groups in total. The number of hydrogen-bond acceptors (Lipinski definition) is 3. The molecule has 2 amide bonds. The average molecular weight is 370 g/mol. The first-order valence-corrected chi connectivity index (χ1v) is 8.69. The summed E-state index contributed by atoms with van der Waals surface area (Å²) >= 11 is 0. The van der Waals surface area contributed by atoms with Gasteiger partial charge in [0.15, 0.2) is 0 Å². The smallest absolute Gasteiger partial charge is 0.253 e. The molecule has 5 nitrogen and oxygen atoms in total. The van der Waals surface area contributed by atoms with Crippen LogP contribution in [0.1, 0.15) is 36.0 Å². The molecule has 0 bridgehead atoms. The van der Waals surface area contributed by atoms with Crippen molar-refractivity contribution in [3.05, 3.63) is 35.6 Å². The largest absolute Gasteiger partial charge is 0.353 e. The van der Waals surface area contributed by atoms with Crippen LogP contribution in [0.3, 0.4) is 0 Å². The van der Waals surface area contributed by atoms with Gasteiger partial charge in [0, 0.05) is 24.7 Å². The van der Waals surface area contributed by atoms with Gasteiger partial charge < -0.3 is 15.5 Å². The quantitative estimate of drug-likeness (QED) is 0.856. The van der Waals surface area contributed by atoms with Gasteiger partial charge in [0.05, 0.1) is 5.92 Å². The first-order valence-electron chi connectivity index (χ1n) is 8.69. The Morgan fingerprint density at radius 2 is 1.80 bits per heavy atom. The Balaban J connectivity index is 0.00000225. The second kappa shape index (κ2) is 9.15. The number of amides is 2. The monoisotopic (exact) mass is 369 g/mol. The molecule has 3 rings (SSSR count). The van der Waals surface area contributed by atoms with E-state index < -0.39 is 0 Å². The van der Waals surface area contributed by atoms with Crippen molar-refractivity contribution in [3.8, 4) is 0 Å². The number of hydrogen-bond donors (Lipinski definition) is 2. The molecule has 0 spiro atoms. The zero-order valence-electron chi connectivity index (χ0n) is 14.2. The van der Waals surface area contributed by atoms with Gasteiger partial charge in [-0.3, -0.25) is 9.59 Å². The fourth-order valence-corrected chi connectivity index (χ4v) is 3.44. The van der Waals surface area contributed by atoms with E-state index in [-0.39, 0.29) is 42.0 Å².